The topological polar surface area (TPSA) is 69.1 Å². The quantitative estimate of drug-likeness (QED) is 0.586. The number of carbonyl (C=O) groups excluding carboxylic acids is 2. The molecule has 0 aliphatic carbocycles. The van der Waals surface area contributed by atoms with Crippen LogP contribution in [0.15, 0.2) is 18.7 Å². The molecule has 19 heavy (non-hydrogen) atoms. The molecule has 0 spiro atoms. The van der Waals surface area contributed by atoms with E-state index in [0.29, 0.717) is 6.54 Å². The number of nitrogens with zero attached hydrogens (tertiary/aromatic N) is 2. The van der Waals surface area contributed by atoms with E-state index in [4.69, 9.17) is 0 Å². The molecule has 2 heterocycles. The summed E-state index contributed by atoms with van der Waals surface area (Å²) in [4.78, 5) is 28.2. The van der Waals surface area contributed by atoms with Crippen LogP contribution in [0.4, 0.5) is 4.79 Å². The highest BCUT2D eigenvalue weighted by Gasteiger charge is 2.39. The second-order valence-corrected chi connectivity index (χ2v) is 5.01. The molecule has 3 amide bonds. The van der Waals surface area contributed by atoms with E-state index in [9.17, 15) is 9.59 Å². The van der Waals surface area contributed by atoms with Crippen molar-refractivity contribution < 1.29 is 14.2 Å². The third kappa shape index (κ3) is 2.94. The first kappa shape index (κ1) is 13.6. The molecule has 1 aromatic rings. The molecule has 0 aromatic carbocycles. The summed E-state index contributed by atoms with van der Waals surface area (Å²) in [7, 11) is 0. The lowest BCUT2D eigenvalue weighted by molar-refractivity contribution is -0.695. The summed E-state index contributed by atoms with van der Waals surface area (Å²) in [5, 5.41) is 2.77. The Bertz CT molecular complexity index is 444. The number of aromatic nitrogens is 2. The van der Waals surface area contributed by atoms with Crippen molar-refractivity contribution >= 4 is 11.9 Å². The second-order valence-electron chi connectivity index (χ2n) is 5.01. The molecule has 1 aliphatic heterocycles. The fourth-order valence-corrected chi connectivity index (χ4v) is 2.24. The molecular weight excluding hydrogens is 244 g/mol. The van der Waals surface area contributed by atoms with Crippen LogP contribution >= 0.6 is 0 Å². The van der Waals surface area contributed by atoms with Crippen LogP contribution in [0, 0.1) is 5.92 Å². The first-order valence-electron chi connectivity index (χ1n) is 6.77. The van der Waals surface area contributed by atoms with Gasteiger partial charge in [-0.1, -0.05) is 20.3 Å². The lowest BCUT2D eigenvalue weighted by atomic mass is 9.99. The van der Waals surface area contributed by atoms with E-state index in [1.807, 2.05) is 37.1 Å². The van der Waals surface area contributed by atoms with E-state index >= 15 is 0 Å². The summed E-state index contributed by atoms with van der Waals surface area (Å²) in [5.41, 5.74) is 0. The van der Waals surface area contributed by atoms with Gasteiger partial charge >= 0.3 is 6.03 Å². The van der Waals surface area contributed by atoms with Crippen LogP contribution < -0.4 is 9.88 Å². The smallest absolute Gasteiger partial charge is 0.324 e. The number of urea groups is 1. The summed E-state index contributed by atoms with van der Waals surface area (Å²) in [6, 6.07) is -0.605. The Hall–Kier alpha value is -1.85. The summed E-state index contributed by atoms with van der Waals surface area (Å²) in [5.74, 6) is 0.0962. The van der Waals surface area contributed by atoms with Crippen LogP contribution in [0.1, 0.15) is 26.7 Å². The predicted octanol–water partition coefficient (Wildman–Crippen LogP) is 0.659. The highest BCUT2D eigenvalue weighted by Crippen LogP contribution is 2.16. The number of imidazole rings is 1. The minimum Gasteiger partial charge on any atom is -0.326 e. The first-order valence-corrected chi connectivity index (χ1v) is 6.77. The molecule has 2 unspecified atom stereocenters. The van der Waals surface area contributed by atoms with Crippen molar-refractivity contribution in [1.29, 1.82) is 0 Å². The van der Waals surface area contributed by atoms with E-state index < -0.39 is 0 Å². The van der Waals surface area contributed by atoms with Crippen molar-refractivity contribution in [3.8, 4) is 0 Å². The minimum absolute atomic E-state index is 0.0848. The normalized spacial score (nSPS) is 20.7. The molecule has 0 bridgehead atoms. The van der Waals surface area contributed by atoms with Gasteiger partial charge in [0.2, 0.25) is 6.33 Å². The average molecular weight is 265 g/mol. The Balaban J connectivity index is 1.86. The lowest BCUT2D eigenvalue weighted by Crippen LogP contribution is -2.37. The molecular formula is C13H21N4O2+. The molecule has 1 aliphatic rings. The van der Waals surface area contributed by atoms with Gasteiger partial charge in [-0.25, -0.2) is 9.36 Å². The van der Waals surface area contributed by atoms with Gasteiger partial charge in [-0.2, -0.15) is 0 Å². The Kier molecular flexibility index (Phi) is 4.19. The van der Waals surface area contributed by atoms with Crippen LogP contribution in [0.25, 0.3) is 0 Å². The SMILES string of the molecule is CCC(C)C1NC(=O)N(CCC[n+]2cc[nH]c2)C1=O. The summed E-state index contributed by atoms with van der Waals surface area (Å²) in [6.07, 6.45) is 7.26. The maximum absolute atomic E-state index is 12.1. The Labute approximate surface area is 112 Å². The van der Waals surface area contributed by atoms with Crippen molar-refractivity contribution in [3.05, 3.63) is 18.7 Å². The molecule has 2 N–H and O–H groups in total. The summed E-state index contributed by atoms with van der Waals surface area (Å²) >= 11 is 0. The van der Waals surface area contributed by atoms with Crippen LogP contribution in [0.5, 0.6) is 0 Å². The average Bonchev–Trinajstić information content (AvgIpc) is 3.00. The Morgan fingerprint density at radius 2 is 2.26 bits per heavy atom. The largest absolute Gasteiger partial charge is 0.326 e. The van der Waals surface area contributed by atoms with Gasteiger partial charge in [-0.05, 0) is 5.92 Å². The van der Waals surface area contributed by atoms with Gasteiger partial charge < -0.3 is 5.32 Å². The number of rotatable bonds is 6. The number of hydrogen-bond acceptors (Lipinski definition) is 2. The molecule has 104 valence electrons. The Morgan fingerprint density at radius 3 is 2.89 bits per heavy atom. The van der Waals surface area contributed by atoms with E-state index in [1.54, 1.807) is 0 Å². The monoisotopic (exact) mass is 265 g/mol. The molecule has 0 radical (unpaired) electrons. The van der Waals surface area contributed by atoms with E-state index in [2.05, 4.69) is 10.3 Å². The van der Waals surface area contributed by atoms with Gasteiger partial charge in [0, 0.05) is 13.0 Å². The van der Waals surface area contributed by atoms with Gasteiger partial charge in [0.05, 0.1) is 6.54 Å². The molecule has 1 aromatic heterocycles. The number of aryl methyl sites for hydroxylation is 1. The van der Waals surface area contributed by atoms with Crippen LogP contribution in [0.2, 0.25) is 0 Å². The fraction of sp³-hybridized carbons (Fsp3) is 0.615. The zero-order valence-electron chi connectivity index (χ0n) is 11.4. The van der Waals surface area contributed by atoms with Crippen molar-refractivity contribution in [2.24, 2.45) is 5.92 Å². The number of H-pyrrole nitrogens is 1. The molecule has 6 nitrogen and oxygen atoms in total. The second kappa shape index (κ2) is 5.86. The van der Waals surface area contributed by atoms with Gasteiger partial charge in [0.15, 0.2) is 0 Å². The third-order valence-corrected chi connectivity index (χ3v) is 3.67. The molecule has 0 saturated carbocycles. The van der Waals surface area contributed by atoms with Crippen molar-refractivity contribution in [3.63, 3.8) is 0 Å². The van der Waals surface area contributed by atoms with Gasteiger partial charge in [-0.3, -0.25) is 14.7 Å². The number of nitrogens with one attached hydrogen (secondary N) is 2. The molecule has 2 atom stereocenters. The van der Waals surface area contributed by atoms with E-state index in [-0.39, 0.29) is 23.9 Å². The Morgan fingerprint density at radius 1 is 1.47 bits per heavy atom. The number of aromatic amines is 1. The summed E-state index contributed by atoms with van der Waals surface area (Å²) < 4.78 is 1.99. The zero-order valence-corrected chi connectivity index (χ0v) is 11.4. The maximum atomic E-state index is 12.1. The van der Waals surface area contributed by atoms with Gasteiger partial charge in [0.1, 0.15) is 18.4 Å². The highest BCUT2D eigenvalue weighted by atomic mass is 16.2. The molecule has 1 fully saturated rings. The number of imide groups is 1. The van der Waals surface area contributed by atoms with Crippen LogP contribution in [-0.4, -0.2) is 34.4 Å². The zero-order chi connectivity index (χ0) is 13.8. The van der Waals surface area contributed by atoms with Gasteiger partial charge in [-0.15, -0.1) is 0 Å². The third-order valence-electron chi connectivity index (χ3n) is 3.67. The summed E-state index contributed by atoms with van der Waals surface area (Å²) in [6.45, 7) is 5.27. The van der Waals surface area contributed by atoms with Gasteiger partial charge in [0.25, 0.3) is 5.91 Å². The lowest BCUT2D eigenvalue weighted by Gasteiger charge is -2.15. The molecule has 1 saturated heterocycles. The standard InChI is InChI=1S/C13H20N4O2/c1-3-10(2)11-12(18)17(13(19)15-11)7-4-6-16-8-5-14-9-16/h5,8-11H,3-4,6-7H2,1-2H3,(H,15,19)/p+1. The number of amides is 3. The number of carbonyl (C=O) groups is 2. The first-order chi connectivity index (χ1) is 9.13. The van der Waals surface area contributed by atoms with Crippen LogP contribution in [-0.2, 0) is 11.3 Å². The van der Waals surface area contributed by atoms with Crippen LogP contribution in [0.3, 0.4) is 0 Å². The van der Waals surface area contributed by atoms with E-state index in [1.165, 1.54) is 4.90 Å². The van der Waals surface area contributed by atoms with Crippen molar-refractivity contribution in [1.82, 2.24) is 15.2 Å². The molecule has 6 heteroatoms. The van der Waals surface area contributed by atoms with Crippen molar-refractivity contribution in [2.45, 2.75) is 39.3 Å². The van der Waals surface area contributed by atoms with Crippen molar-refractivity contribution in [2.75, 3.05) is 6.54 Å². The van der Waals surface area contributed by atoms with E-state index in [0.717, 1.165) is 19.4 Å². The number of hydrogen-bond donors (Lipinski definition) is 2. The molecule has 2 rings (SSSR count). The fourth-order valence-electron chi connectivity index (χ4n) is 2.24. The maximum Gasteiger partial charge on any atom is 0.324 e. The highest BCUT2D eigenvalue weighted by molar-refractivity contribution is 6.04. The predicted molar refractivity (Wildman–Crippen MR) is 69.1 cm³/mol. The minimum atomic E-state index is -0.350.